The summed E-state index contributed by atoms with van der Waals surface area (Å²) in [6.07, 6.45) is -30.4. The van der Waals surface area contributed by atoms with Gasteiger partial charge in [-0.1, -0.05) is 77.1 Å². The summed E-state index contributed by atoms with van der Waals surface area (Å²) in [5.41, 5.74) is -8.01. The maximum Gasteiger partial charge on any atom is 0.419 e. The summed E-state index contributed by atoms with van der Waals surface area (Å²) in [4.78, 5) is 84.4. The van der Waals surface area contributed by atoms with E-state index in [4.69, 9.17) is 17.3 Å². The van der Waals surface area contributed by atoms with Crippen molar-refractivity contribution in [3.8, 4) is 0 Å². The van der Waals surface area contributed by atoms with E-state index in [1.54, 1.807) is 19.2 Å². The van der Waals surface area contributed by atoms with E-state index in [1.165, 1.54) is 17.0 Å². The molecule has 2 saturated heterocycles. The van der Waals surface area contributed by atoms with E-state index in [2.05, 4.69) is 31.9 Å². The first-order chi connectivity index (χ1) is 62.2. The third-order valence-electron chi connectivity index (χ3n) is 21.3. The summed E-state index contributed by atoms with van der Waals surface area (Å²) >= 11 is 5.68. The third kappa shape index (κ3) is 40.4. The van der Waals surface area contributed by atoms with Crippen LogP contribution in [0.5, 0.6) is 0 Å². The SMILES string of the molecule is CC(C)C[C@H](N)C(=O)NCc1cc(C(F)(F)F)cc(C(F)(F)F)c1.CN[C@@H](CC(C)C)C(=O)NCc1cc(C(F)(F)F)cc(C(F)(F)F)c1.O=C(CCc1ccc(F)c(C(F)(F)F)c1)CN1CCCCC1=O.O=C(CCc1ccc(F)c(Cl)c1)[C@@H]1CCCN1.O=C(NCC1CCCC1)c1cc(C(F)(F)F)cc(C(F)(F)F)c1.O=C(NCC1CCCC1)c1cc(C(F)(F)F)cc(C(F)(F)F)c1. The van der Waals surface area contributed by atoms with Crippen LogP contribution in [0, 0.1) is 35.3 Å². The normalized spacial score (nSPS) is 15.9. The summed E-state index contributed by atoms with van der Waals surface area (Å²) in [5, 5.41) is 15.6. The van der Waals surface area contributed by atoms with Crippen LogP contribution in [0.25, 0.3) is 0 Å². The van der Waals surface area contributed by atoms with E-state index in [9.17, 15) is 161 Å². The van der Waals surface area contributed by atoms with E-state index >= 15 is 0 Å². The van der Waals surface area contributed by atoms with Crippen molar-refractivity contribution in [1.82, 2.24) is 36.8 Å². The van der Waals surface area contributed by atoms with Gasteiger partial charge in [-0.25, -0.2) is 8.78 Å². The van der Waals surface area contributed by atoms with Crippen LogP contribution in [0.15, 0.2) is 109 Å². The number of carbonyl (C=O) groups is 7. The number of nitrogens with two attached hydrogens (primary N) is 1. The van der Waals surface area contributed by atoms with E-state index in [1.807, 2.05) is 27.7 Å². The molecule has 45 heteroatoms. The number of carbonyl (C=O) groups excluding carboxylic acids is 7. The van der Waals surface area contributed by atoms with Gasteiger partial charge in [-0.3, -0.25) is 33.6 Å². The fourth-order valence-electron chi connectivity index (χ4n) is 14.2. The number of halogens is 30. The largest absolute Gasteiger partial charge is 0.419 e. The molecule has 2 aliphatic carbocycles. The van der Waals surface area contributed by atoms with E-state index < -0.39 is 177 Å². The monoisotopic (exact) mass is 1990 g/mol. The summed E-state index contributed by atoms with van der Waals surface area (Å²) < 4.78 is 370. The first-order valence-corrected chi connectivity index (χ1v) is 42.7. The van der Waals surface area contributed by atoms with Crippen LogP contribution in [0.4, 0.5) is 127 Å². The van der Waals surface area contributed by atoms with Crippen molar-refractivity contribution in [1.29, 1.82) is 0 Å². The Labute approximate surface area is 762 Å². The van der Waals surface area contributed by atoms with Crippen molar-refractivity contribution >= 4 is 52.7 Å². The number of likely N-dealkylation sites (tertiary alicyclic amines) is 1. The van der Waals surface area contributed by atoms with Crippen LogP contribution in [0.2, 0.25) is 5.02 Å². The predicted octanol–water partition coefficient (Wildman–Crippen LogP) is 23.1. The minimum absolute atomic E-state index is 0.00769. The fraction of sp³-hybridized carbons (Fsp3) is 0.522. The van der Waals surface area contributed by atoms with Crippen molar-refractivity contribution in [2.75, 3.05) is 39.8 Å². The van der Waals surface area contributed by atoms with Crippen molar-refractivity contribution in [2.45, 2.75) is 236 Å². The third-order valence-corrected chi connectivity index (χ3v) is 21.6. The van der Waals surface area contributed by atoms with Crippen LogP contribution in [-0.4, -0.2) is 104 Å². The standard InChI is InChI=1S/C16H20F6N2O.C16H17F4NO2.C15H18F6N2O.2C15H15F6NO.C13H15ClFNO/c1-9(2)4-13(23-3)14(25)24-8-10-5-11(15(17,18)19)7-12(6-10)16(20,21)22;17-14-7-5-11(9-13(14)16(18,19)20)4-6-12(22)10-21-8-2-1-3-15(21)23;1-8(2)3-12(22)13(24)23-7-9-4-10(14(16,17)18)6-11(5-9)15(19,20)21;2*16-14(17,18)11-5-10(6-12(7-11)15(19,20)21)13(23)22-8-9-3-1-2-4-9;14-10-8-9(3-5-11(10)15)4-6-13(17)12-2-1-7-16-12/h5-7,9,13,23H,4,8H2,1-3H3,(H,24,25);5,7,9H,1-4,6,8,10H2;4-6,8,12H,3,7,22H2,1-2H3,(H,23,24);2*5-7,9H,1-4,8H2,(H,22,23);3,5,8,12,16H,1-2,4,6-7H2/t13-;;12-;;;12-/m0.0..0/s1. The molecule has 3 atom stereocenters. The summed E-state index contributed by atoms with van der Waals surface area (Å²) in [6.45, 7) is 8.52. The first-order valence-electron chi connectivity index (χ1n) is 42.3. The second-order valence-electron chi connectivity index (χ2n) is 33.3. The zero-order valence-corrected chi connectivity index (χ0v) is 73.8. The number of hydrogen-bond acceptors (Lipinski definition) is 10. The van der Waals surface area contributed by atoms with Gasteiger partial charge in [-0.05, 0) is 234 Å². The van der Waals surface area contributed by atoms with Gasteiger partial charge < -0.3 is 42.5 Å². The zero-order valence-electron chi connectivity index (χ0n) is 73.0. The highest BCUT2D eigenvalue weighted by molar-refractivity contribution is 6.30. The molecule has 752 valence electrons. The molecule has 0 aromatic heterocycles. The Bertz CT molecular complexity index is 4660. The number of piperidine rings is 1. The van der Waals surface area contributed by atoms with Gasteiger partial charge in [-0.15, -0.1) is 0 Å². The lowest BCUT2D eigenvalue weighted by atomic mass is 10.0. The van der Waals surface area contributed by atoms with Gasteiger partial charge in [0.15, 0.2) is 5.78 Å². The molecule has 0 bridgehead atoms. The lowest BCUT2D eigenvalue weighted by molar-refractivity contribution is -0.144. The number of Topliss-reactive ketones (excluding diaryl/α,β-unsaturated/α-hetero) is 2. The van der Waals surface area contributed by atoms with Crippen LogP contribution < -0.4 is 37.6 Å². The summed E-state index contributed by atoms with van der Waals surface area (Å²) in [6, 6.07) is 10.1. The molecule has 8 N–H and O–H groups in total. The number of aryl methyl sites for hydroxylation is 2. The number of amides is 5. The van der Waals surface area contributed by atoms with Gasteiger partial charge in [0, 0.05) is 63.1 Å². The molecule has 6 aromatic rings. The van der Waals surface area contributed by atoms with Crippen LogP contribution in [0.3, 0.4) is 0 Å². The maximum atomic E-state index is 13.2. The molecule has 0 unspecified atom stereocenters. The number of nitrogens with zero attached hydrogens (tertiary/aromatic N) is 1. The smallest absolute Gasteiger partial charge is 0.352 e. The molecule has 135 heavy (non-hydrogen) atoms. The average molecular weight is 1990 g/mol. The number of hydrogen-bond donors (Lipinski definition) is 7. The lowest BCUT2D eigenvalue weighted by Crippen LogP contribution is -2.43. The average Bonchev–Trinajstić information content (AvgIpc) is 1.61. The fourth-order valence-corrected chi connectivity index (χ4v) is 14.4. The summed E-state index contributed by atoms with van der Waals surface area (Å²) in [5.74, 6) is -3.97. The highest BCUT2D eigenvalue weighted by atomic mass is 35.5. The van der Waals surface area contributed by atoms with E-state index in [-0.39, 0.29) is 126 Å². The maximum absolute atomic E-state index is 13.2. The van der Waals surface area contributed by atoms with Gasteiger partial charge in [0.25, 0.3) is 11.8 Å². The molecule has 4 aliphatic rings. The van der Waals surface area contributed by atoms with Gasteiger partial charge in [0.1, 0.15) is 17.4 Å². The Balaban J connectivity index is 0.000000287. The second kappa shape index (κ2) is 50.5. The quantitative estimate of drug-likeness (QED) is 0.0255. The van der Waals surface area contributed by atoms with Crippen molar-refractivity contribution in [2.24, 2.45) is 29.4 Å². The molecule has 2 heterocycles. The Morgan fingerprint density at radius 1 is 0.430 bits per heavy atom. The predicted molar refractivity (Wildman–Crippen MR) is 439 cm³/mol. The van der Waals surface area contributed by atoms with Gasteiger partial charge in [0.2, 0.25) is 17.7 Å². The van der Waals surface area contributed by atoms with Crippen LogP contribution >= 0.6 is 11.6 Å². The van der Waals surface area contributed by atoms with E-state index in [0.717, 1.165) is 101 Å². The Morgan fingerprint density at radius 3 is 1.15 bits per heavy atom. The lowest BCUT2D eigenvalue weighted by Gasteiger charge is -2.25. The molecule has 6 aromatic carbocycles. The first kappa shape index (κ1) is 116. The van der Waals surface area contributed by atoms with Crippen molar-refractivity contribution in [3.05, 3.63) is 209 Å². The molecule has 0 spiro atoms. The number of nitrogens with one attached hydrogen (secondary N) is 6. The molecule has 4 fully saturated rings. The second-order valence-corrected chi connectivity index (χ2v) is 33.7. The van der Waals surface area contributed by atoms with Crippen molar-refractivity contribution < 1.29 is 161 Å². The van der Waals surface area contributed by atoms with Crippen LogP contribution in [0.1, 0.15) is 230 Å². The number of benzene rings is 6. The molecule has 2 aliphatic heterocycles. The molecule has 0 radical (unpaired) electrons. The topological polar surface area (TPSA) is 221 Å². The highest BCUT2D eigenvalue weighted by Gasteiger charge is 2.43. The molecular formula is C90H100ClF29N8O7. The van der Waals surface area contributed by atoms with Crippen LogP contribution in [-0.2, 0) is 105 Å². The minimum Gasteiger partial charge on any atom is -0.352 e. The van der Waals surface area contributed by atoms with E-state index in [0.29, 0.717) is 87.2 Å². The molecule has 15 nitrogen and oxygen atoms in total. The van der Waals surface area contributed by atoms with Gasteiger partial charge in [0.05, 0.1) is 79.8 Å². The molecule has 2 saturated carbocycles. The highest BCUT2D eigenvalue weighted by Crippen LogP contribution is 2.42. The van der Waals surface area contributed by atoms with Gasteiger partial charge >= 0.3 is 55.6 Å². The van der Waals surface area contributed by atoms with Crippen molar-refractivity contribution in [3.63, 3.8) is 0 Å². The number of rotatable bonds is 26. The number of likely N-dealkylation sites (N-methyl/N-ethyl adjacent to an activating group) is 1. The number of ketones is 2. The number of alkyl halides is 27. The molecule has 5 amide bonds. The molecule has 10 rings (SSSR count). The Morgan fingerprint density at radius 2 is 0.800 bits per heavy atom. The summed E-state index contributed by atoms with van der Waals surface area (Å²) in [7, 11) is 1.55. The minimum atomic E-state index is -4.96. The van der Waals surface area contributed by atoms with Gasteiger partial charge in [-0.2, -0.15) is 119 Å². The Hall–Kier alpha value is -9.85. The Kier molecular flexibility index (Phi) is 43.2. The molecular weight excluding hydrogens is 1890 g/mol. The zero-order chi connectivity index (χ0) is 102.